The van der Waals surface area contributed by atoms with Crippen molar-refractivity contribution in [1.29, 1.82) is 5.26 Å². The van der Waals surface area contributed by atoms with E-state index < -0.39 is 35.7 Å². The van der Waals surface area contributed by atoms with Gasteiger partial charge in [-0.15, -0.1) is 0 Å². The number of carbonyl (C=O) groups excluding carboxylic acids is 4. The second-order valence-corrected chi connectivity index (χ2v) is 8.74. The second kappa shape index (κ2) is 10.6. The first kappa shape index (κ1) is 24.8. The van der Waals surface area contributed by atoms with Crippen LogP contribution in [-0.2, 0) is 27.4 Å². The largest absolute Gasteiger partial charge is 0.443 e. The summed E-state index contributed by atoms with van der Waals surface area (Å²) in [7, 11) is 0. The van der Waals surface area contributed by atoms with E-state index in [1.54, 1.807) is 6.08 Å². The van der Waals surface area contributed by atoms with E-state index in [1.165, 1.54) is 6.07 Å². The highest BCUT2D eigenvalue weighted by Crippen LogP contribution is 2.33. The quantitative estimate of drug-likeness (QED) is 0.497. The Morgan fingerprint density at radius 2 is 2.17 bits per heavy atom. The van der Waals surface area contributed by atoms with Gasteiger partial charge in [0.2, 0.25) is 11.8 Å². The number of amides is 4. The molecule has 0 radical (unpaired) electrons. The molecule has 0 aliphatic carbocycles. The van der Waals surface area contributed by atoms with Gasteiger partial charge in [-0.3, -0.25) is 24.7 Å². The predicted octanol–water partition coefficient (Wildman–Crippen LogP) is 1.15. The molecule has 1 unspecified atom stereocenters. The van der Waals surface area contributed by atoms with Crippen molar-refractivity contribution in [2.24, 2.45) is 10.7 Å². The Balaban J connectivity index is 1.42. The number of nitriles is 1. The van der Waals surface area contributed by atoms with Crippen molar-refractivity contribution in [2.75, 3.05) is 13.2 Å². The first-order valence-corrected chi connectivity index (χ1v) is 11.6. The minimum Gasteiger partial charge on any atom is -0.443 e. The molecular weight excluding hydrogens is 471 g/mol. The number of halogens is 1. The molecule has 0 bridgehead atoms. The number of alkyl carbamates (subject to hydrolysis) is 1. The molecule has 11 nitrogen and oxygen atoms in total. The smallest absolute Gasteiger partial charge is 0.407 e. The number of imide groups is 1. The zero-order valence-electron chi connectivity index (χ0n) is 19.4. The lowest BCUT2D eigenvalue weighted by Gasteiger charge is -2.29. The van der Waals surface area contributed by atoms with Crippen molar-refractivity contribution in [3.8, 4) is 6.07 Å². The molecule has 3 heterocycles. The van der Waals surface area contributed by atoms with Crippen molar-refractivity contribution in [3.63, 3.8) is 0 Å². The van der Waals surface area contributed by atoms with E-state index in [-0.39, 0.29) is 54.8 Å². The second-order valence-electron chi connectivity index (χ2n) is 8.74. The Bertz CT molecular complexity index is 1230. The highest BCUT2D eigenvalue weighted by Gasteiger charge is 2.42. The van der Waals surface area contributed by atoms with Crippen molar-refractivity contribution in [1.82, 2.24) is 15.5 Å². The molecule has 1 aromatic rings. The van der Waals surface area contributed by atoms with Gasteiger partial charge in [-0.25, -0.2) is 9.18 Å². The van der Waals surface area contributed by atoms with Crippen LogP contribution in [0.5, 0.6) is 0 Å². The Morgan fingerprint density at radius 3 is 2.86 bits per heavy atom. The number of benzene rings is 1. The first-order chi connectivity index (χ1) is 17.3. The number of aliphatic imine (C=N–C) groups is 1. The zero-order chi connectivity index (χ0) is 25.8. The number of nitrogens with zero attached hydrogens (tertiary/aromatic N) is 3. The Hall–Kier alpha value is -4.27. The minimum atomic E-state index is -0.941. The van der Waals surface area contributed by atoms with E-state index in [0.29, 0.717) is 5.70 Å². The Labute approximate surface area is 206 Å². The molecule has 36 heavy (non-hydrogen) atoms. The van der Waals surface area contributed by atoms with Gasteiger partial charge in [0.1, 0.15) is 18.5 Å². The number of fused-ring (bicyclic) bond motifs is 1. The van der Waals surface area contributed by atoms with Gasteiger partial charge in [0.25, 0.3) is 5.91 Å². The maximum Gasteiger partial charge on any atom is 0.407 e. The molecule has 1 atom stereocenters. The van der Waals surface area contributed by atoms with Crippen LogP contribution in [0, 0.1) is 17.1 Å². The average Bonchev–Trinajstić information content (AvgIpc) is 3.20. The number of allylic oxidation sites excluding steroid dienone is 1. The standard InChI is InChI=1S/C24H25FN6O5/c25-21-14(10-29-24(35)36-12-15(27)8-16-3-1-2-6-28-16)7-13(9-26)17-11-31(23(34)20(17)21)18-4-5-19(32)30-22(18)33/h7-8,18H,1-6,10-12,27H2,(H,29,35)(H,30,32,33). The lowest BCUT2D eigenvalue weighted by atomic mass is 9.99. The van der Waals surface area contributed by atoms with Crippen molar-refractivity contribution in [3.05, 3.63) is 45.9 Å². The molecule has 3 aliphatic heterocycles. The molecule has 0 spiro atoms. The number of carbonyl (C=O) groups is 4. The Morgan fingerprint density at radius 1 is 1.36 bits per heavy atom. The van der Waals surface area contributed by atoms with Gasteiger partial charge in [0.15, 0.2) is 0 Å². The number of nitrogens with one attached hydrogen (secondary N) is 2. The topological polar surface area (TPSA) is 167 Å². The number of piperidine rings is 1. The zero-order valence-corrected chi connectivity index (χ0v) is 19.4. The molecule has 1 fully saturated rings. The van der Waals surface area contributed by atoms with Gasteiger partial charge < -0.3 is 20.7 Å². The van der Waals surface area contributed by atoms with E-state index in [9.17, 15) is 24.4 Å². The third-order valence-corrected chi connectivity index (χ3v) is 6.26. The number of hydrogen-bond donors (Lipinski definition) is 3. The highest BCUT2D eigenvalue weighted by molar-refractivity contribution is 6.06. The van der Waals surface area contributed by atoms with Crippen LogP contribution in [0.1, 0.15) is 59.2 Å². The minimum absolute atomic E-state index is 0.0508. The lowest BCUT2D eigenvalue weighted by molar-refractivity contribution is -0.136. The summed E-state index contributed by atoms with van der Waals surface area (Å²) in [6.07, 6.45) is 3.84. The fourth-order valence-corrected chi connectivity index (χ4v) is 4.45. The molecule has 1 saturated heterocycles. The number of ether oxygens (including phenoxy) is 1. The maximum atomic E-state index is 15.3. The molecule has 3 aliphatic rings. The fourth-order valence-electron chi connectivity index (χ4n) is 4.45. The van der Waals surface area contributed by atoms with Gasteiger partial charge in [-0.2, -0.15) is 5.26 Å². The summed E-state index contributed by atoms with van der Waals surface area (Å²) in [5, 5.41) is 14.1. The van der Waals surface area contributed by atoms with Crippen LogP contribution in [0.15, 0.2) is 22.8 Å². The molecule has 12 heteroatoms. The van der Waals surface area contributed by atoms with Gasteiger partial charge in [-0.05, 0) is 37.8 Å². The average molecular weight is 496 g/mol. The lowest BCUT2D eigenvalue weighted by Crippen LogP contribution is -2.52. The maximum absolute atomic E-state index is 15.3. The molecule has 188 valence electrons. The number of nitrogens with two attached hydrogens (primary N) is 1. The summed E-state index contributed by atoms with van der Waals surface area (Å²) < 4.78 is 20.4. The van der Waals surface area contributed by atoms with Gasteiger partial charge in [0, 0.05) is 48.6 Å². The summed E-state index contributed by atoms with van der Waals surface area (Å²) in [6, 6.07) is 2.26. The Kier molecular flexibility index (Phi) is 7.28. The van der Waals surface area contributed by atoms with Gasteiger partial charge >= 0.3 is 6.09 Å². The van der Waals surface area contributed by atoms with E-state index in [4.69, 9.17) is 10.5 Å². The monoisotopic (exact) mass is 496 g/mol. The molecular formula is C24H25FN6O5. The normalized spacial score (nSPS) is 19.8. The molecule has 4 amide bonds. The molecule has 4 N–H and O–H groups in total. The highest BCUT2D eigenvalue weighted by atomic mass is 19.1. The van der Waals surface area contributed by atoms with Crippen molar-refractivity contribution >= 4 is 29.5 Å². The van der Waals surface area contributed by atoms with Crippen LogP contribution in [0.2, 0.25) is 0 Å². The molecule has 0 aromatic heterocycles. The van der Waals surface area contributed by atoms with E-state index in [2.05, 4.69) is 15.6 Å². The summed E-state index contributed by atoms with van der Waals surface area (Å²) in [5.41, 5.74) is 6.87. The summed E-state index contributed by atoms with van der Waals surface area (Å²) in [4.78, 5) is 54.3. The molecule has 4 rings (SSSR count). The summed E-state index contributed by atoms with van der Waals surface area (Å²) in [5.74, 6) is -2.72. The van der Waals surface area contributed by atoms with Crippen molar-refractivity contribution in [2.45, 2.75) is 51.2 Å². The van der Waals surface area contributed by atoms with Crippen molar-refractivity contribution < 1.29 is 28.3 Å². The third-order valence-electron chi connectivity index (χ3n) is 6.26. The fraction of sp³-hybridized carbons (Fsp3) is 0.417. The van der Waals surface area contributed by atoms with Crippen LogP contribution in [-0.4, -0.2) is 53.6 Å². The third kappa shape index (κ3) is 5.19. The molecule has 1 aromatic carbocycles. The van der Waals surface area contributed by atoms with E-state index in [1.807, 2.05) is 6.07 Å². The van der Waals surface area contributed by atoms with E-state index in [0.717, 1.165) is 36.4 Å². The summed E-state index contributed by atoms with van der Waals surface area (Å²) in [6.45, 7) is 0.0905. The first-order valence-electron chi connectivity index (χ1n) is 11.6. The van der Waals surface area contributed by atoms with Crippen LogP contribution < -0.4 is 16.4 Å². The van der Waals surface area contributed by atoms with Crippen LogP contribution >= 0.6 is 0 Å². The number of rotatable bonds is 6. The van der Waals surface area contributed by atoms with Crippen LogP contribution in [0.3, 0.4) is 0 Å². The molecule has 0 saturated carbocycles. The predicted molar refractivity (Wildman–Crippen MR) is 124 cm³/mol. The number of hydrogen-bond acceptors (Lipinski definition) is 8. The van der Waals surface area contributed by atoms with Crippen LogP contribution in [0.4, 0.5) is 9.18 Å². The van der Waals surface area contributed by atoms with E-state index >= 15 is 4.39 Å². The van der Waals surface area contributed by atoms with Gasteiger partial charge in [-0.1, -0.05) is 0 Å². The summed E-state index contributed by atoms with van der Waals surface area (Å²) >= 11 is 0. The van der Waals surface area contributed by atoms with Gasteiger partial charge in [0.05, 0.1) is 17.2 Å². The SMILES string of the molecule is N#Cc1cc(CNC(=O)OCC(N)=CC2=NCCCC2)c(F)c2c1CN(C1CCC(=O)NC1=O)C2=O. The van der Waals surface area contributed by atoms with Crippen LogP contribution in [0.25, 0.3) is 0 Å².